The minimum absolute atomic E-state index is 0.104. The highest BCUT2D eigenvalue weighted by atomic mass is 16.3. The van der Waals surface area contributed by atoms with Crippen LogP contribution in [0.4, 0.5) is 5.82 Å². The predicted octanol–water partition coefficient (Wildman–Crippen LogP) is 2.18. The van der Waals surface area contributed by atoms with Crippen molar-refractivity contribution in [1.82, 2.24) is 9.55 Å². The molecule has 20 heavy (non-hydrogen) atoms. The first-order valence-corrected chi connectivity index (χ1v) is 6.67. The molecule has 106 valence electrons. The summed E-state index contributed by atoms with van der Waals surface area (Å²) in [5.41, 5.74) is 0.989. The van der Waals surface area contributed by atoms with Gasteiger partial charge in [0, 0.05) is 25.0 Å². The van der Waals surface area contributed by atoms with Crippen LogP contribution in [-0.4, -0.2) is 21.2 Å². The molecule has 2 aromatic rings. The largest absolute Gasteiger partial charge is 0.508 e. The number of hydrogen-bond acceptors (Lipinski definition) is 4. The van der Waals surface area contributed by atoms with E-state index >= 15 is 0 Å². The molecule has 0 fully saturated rings. The van der Waals surface area contributed by atoms with Gasteiger partial charge in [-0.15, -0.1) is 0 Å². The molecule has 5 nitrogen and oxygen atoms in total. The highest BCUT2D eigenvalue weighted by molar-refractivity contribution is 5.32. The fraction of sp³-hybridized carbons (Fsp3) is 0.333. The van der Waals surface area contributed by atoms with E-state index < -0.39 is 0 Å². The van der Waals surface area contributed by atoms with Gasteiger partial charge in [0.05, 0.1) is 0 Å². The predicted molar refractivity (Wildman–Crippen MR) is 79.2 cm³/mol. The molecule has 0 spiro atoms. The zero-order valence-electron chi connectivity index (χ0n) is 11.7. The van der Waals surface area contributed by atoms with Gasteiger partial charge in [-0.3, -0.25) is 4.79 Å². The lowest BCUT2D eigenvalue weighted by Crippen LogP contribution is -2.26. The Hall–Kier alpha value is -2.30. The topological polar surface area (TPSA) is 67.2 Å². The first-order valence-electron chi connectivity index (χ1n) is 6.67. The van der Waals surface area contributed by atoms with E-state index in [1.807, 2.05) is 26.0 Å². The third kappa shape index (κ3) is 3.38. The molecule has 5 heteroatoms. The van der Waals surface area contributed by atoms with E-state index in [0.717, 1.165) is 12.0 Å². The van der Waals surface area contributed by atoms with Gasteiger partial charge in [0.2, 0.25) is 0 Å². The third-order valence-electron chi connectivity index (χ3n) is 3.07. The normalized spacial score (nSPS) is 10.8. The number of aromatic hydroxyl groups is 1. The lowest BCUT2D eigenvalue weighted by molar-refractivity contribution is 0.475. The van der Waals surface area contributed by atoms with Gasteiger partial charge in [0.25, 0.3) is 5.56 Å². The van der Waals surface area contributed by atoms with Crippen molar-refractivity contribution < 1.29 is 5.11 Å². The molecule has 2 rings (SSSR count). The van der Waals surface area contributed by atoms with Gasteiger partial charge in [-0.1, -0.05) is 12.1 Å². The minimum atomic E-state index is -0.104. The van der Waals surface area contributed by atoms with Gasteiger partial charge < -0.3 is 15.0 Å². The number of rotatable bonds is 5. The second-order valence-electron chi connectivity index (χ2n) is 4.93. The Bertz CT molecular complexity index is 618. The molecule has 0 atom stereocenters. The molecule has 0 amide bonds. The molecule has 0 radical (unpaired) electrons. The number of aromatic nitrogens is 2. The fourth-order valence-electron chi connectivity index (χ4n) is 1.94. The first kappa shape index (κ1) is 14.1. The van der Waals surface area contributed by atoms with E-state index in [-0.39, 0.29) is 17.4 Å². The van der Waals surface area contributed by atoms with E-state index in [9.17, 15) is 9.90 Å². The summed E-state index contributed by atoms with van der Waals surface area (Å²) < 4.78 is 1.65. The highest BCUT2D eigenvalue weighted by Crippen LogP contribution is 2.10. The van der Waals surface area contributed by atoms with Crippen molar-refractivity contribution in [1.29, 1.82) is 0 Å². The van der Waals surface area contributed by atoms with Crippen molar-refractivity contribution >= 4 is 5.82 Å². The highest BCUT2D eigenvalue weighted by Gasteiger charge is 2.06. The molecule has 0 aliphatic heterocycles. The van der Waals surface area contributed by atoms with Gasteiger partial charge in [-0.2, -0.15) is 0 Å². The number of anilines is 1. The van der Waals surface area contributed by atoms with Gasteiger partial charge in [0.15, 0.2) is 5.82 Å². The number of benzene rings is 1. The third-order valence-corrected chi connectivity index (χ3v) is 3.07. The van der Waals surface area contributed by atoms with Crippen molar-refractivity contribution in [3.05, 3.63) is 52.6 Å². The van der Waals surface area contributed by atoms with Crippen LogP contribution in [0.3, 0.4) is 0 Å². The zero-order chi connectivity index (χ0) is 14.5. The van der Waals surface area contributed by atoms with Gasteiger partial charge in [-0.05, 0) is 38.0 Å². The maximum absolute atomic E-state index is 12.1. The second kappa shape index (κ2) is 6.23. The van der Waals surface area contributed by atoms with Gasteiger partial charge in [0.1, 0.15) is 5.75 Å². The standard InChI is InChI=1S/C15H19N3O2/c1-11(2)18-10-9-17-14(15(18)20)16-8-7-12-3-5-13(19)6-4-12/h3-6,9-11,19H,7-8H2,1-2H3,(H,16,17). The Kier molecular flexibility index (Phi) is 4.40. The van der Waals surface area contributed by atoms with Crippen molar-refractivity contribution in [2.75, 3.05) is 11.9 Å². The molecular weight excluding hydrogens is 254 g/mol. The number of phenolic OH excluding ortho intramolecular Hbond substituents is 1. The molecule has 2 N–H and O–H groups in total. The van der Waals surface area contributed by atoms with Crippen LogP contribution in [0.25, 0.3) is 0 Å². The fourth-order valence-corrected chi connectivity index (χ4v) is 1.94. The number of phenols is 1. The minimum Gasteiger partial charge on any atom is -0.508 e. The molecule has 0 saturated heterocycles. The van der Waals surface area contributed by atoms with Crippen LogP contribution in [0.15, 0.2) is 41.5 Å². The molecular formula is C15H19N3O2. The Morgan fingerprint density at radius 3 is 2.65 bits per heavy atom. The summed E-state index contributed by atoms with van der Waals surface area (Å²) in [4.78, 5) is 16.2. The second-order valence-corrected chi connectivity index (χ2v) is 4.93. The molecule has 1 aromatic heterocycles. The molecule has 0 saturated carbocycles. The quantitative estimate of drug-likeness (QED) is 0.876. The van der Waals surface area contributed by atoms with E-state index in [2.05, 4.69) is 10.3 Å². The Balaban J connectivity index is 1.99. The van der Waals surface area contributed by atoms with Crippen LogP contribution >= 0.6 is 0 Å². The summed E-state index contributed by atoms with van der Waals surface area (Å²) in [5, 5.41) is 12.3. The summed E-state index contributed by atoms with van der Waals surface area (Å²) in [7, 11) is 0. The summed E-state index contributed by atoms with van der Waals surface area (Å²) >= 11 is 0. The number of nitrogens with one attached hydrogen (secondary N) is 1. The van der Waals surface area contributed by atoms with Crippen LogP contribution in [0.5, 0.6) is 5.75 Å². The summed E-state index contributed by atoms with van der Waals surface area (Å²) in [5.74, 6) is 0.631. The summed E-state index contributed by atoms with van der Waals surface area (Å²) in [6.07, 6.45) is 4.08. The SMILES string of the molecule is CC(C)n1ccnc(NCCc2ccc(O)cc2)c1=O. The Morgan fingerprint density at radius 2 is 2.00 bits per heavy atom. The van der Waals surface area contributed by atoms with Gasteiger partial charge >= 0.3 is 0 Å². The van der Waals surface area contributed by atoms with Crippen molar-refractivity contribution in [2.45, 2.75) is 26.3 Å². The molecule has 0 bridgehead atoms. The van der Waals surface area contributed by atoms with Crippen molar-refractivity contribution in [3.63, 3.8) is 0 Å². The smallest absolute Gasteiger partial charge is 0.293 e. The Labute approximate surface area is 117 Å². The van der Waals surface area contributed by atoms with E-state index in [0.29, 0.717) is 12.4 Å². The Morgan fingerprint density at radius 1 is 1.30 bits per heavy atom. The zero-order valence-corrected chi connectivity index (χ0v) is 11.7. The first-order chi connectivity index (χ1) is 9.58. The lowest BCUT2D eigenvalue weighted by atomic mass is 10.1. The molecule has 1 aromatic carbocycles. The van der Waals surface area contributed by atoms with E-state index in [1.54, 1.807) is 29.1 Å². The molecule has 0 unspecified atom stereocenters. The molecule has 0 aliphatic carbocycles. The van der Waals surface area contributed by atoms with Gasteiger partial charge in [-0.25, -0.2) is 4.98 Å². The molecule has 1 heterocycles. The lowest BCUT2D eigenvalue weighted by Gasteiger charge is -2.11. The number of hydrogen-bond donors (Lipinski definition) is 2. The van der Waals surface area contributed by atoms with E-state index in [1.165, 1.54) is 0 Å². The van der Waals surface area contributed by atoms with Crippen LogP contribution in [0, 0.1) is 0 Å². The van der Waals surface area contributed by atoms with Crippen LogP contribution < -0.4 is 10.9 Å². The average Bonchev–Trinajstić information content (AvgIpc) is 2.42. The van der Waals surface area contributed by atoms with Crippen LogP contribution in [0.1, 0.15) is 25.5 Å². The molecule has 0 aliphatic rings. The maximum atomic E-state index is 12.1. The van der Waals surface area contributed by atoms with Crippen LogP contribution in [-0.2, 0) is 6.42 Å². The van der Waals surface area contributed by atoms with Crippen molar-refractivity contribution in [2.24, 2.45) is 0 Å². The van der Waals surface area contributed by atoms with Crippen LogP contribution in [0.2, 0.25) is 0 Å². The summed E-state index contributed by atoms with van der Waals surface area (Å²) in [6.45, 7) is 4.54. The van der Waals surface area contributed by atoms with Crippen molar-refractivity contribution in [3.8, 4) is 5.75 Å². The average molecular weight is 273 g/mol. The maximum Gasteiger partial charge on any atom is 0.293 e. The summed E-state index contributed by atoms with van der Waals surface area (Å²) in [6, 6.07) is 7.15. The number of nitrogens with zero attached hydrogens (tertiary/aromatic N) is 2. The van der Waals surface area contributed by atoms with E-state index in [4.69, 9.17) is 0 Å². The monoisotopic (exact) mass is 273 g/mol.